The number of aryl methyl sites for hydroxylation is 2. The second-order valence-corrected chi connectivity index (χ2v) is 5.53. The molecule has 0 saturated carbocycles. The largest absolute Gasteiger partial charge is 0.710 e. The summed E-state index contributed by atoms with van der Waals surface area (Å²) in [5.41, 5.74) is 7.78. The molecule has 0 saturated heterocycles. The topological polar surface area (TPSA) is 109 Å². The highest BCUT2D eigenvalue weighted by molar-refractivity contribution is 6.05. The van der Waals surface area contributed by atoms with Gasteiger partial charge in [-0.05, 0) is 31.0 Å². The molecule has 0 aliphatic heterocycles. The first-order valence-corrected chi connectivity index (χ1v) is 7.32. The molecule has 1 aromatic heterocycles. The van der Waals surface area contributed by atoms with Crippen LogP contribution in [0.15, 0.2) is 42.5 Å². The fourth-order valence-electron chi connectivity index (χ4n) is 2.65. The van der Waals surface area contributed by atoms with Gasteiger partial charge < -0.3 is 15.7 Å². The summed E-state index contributed by atoms with van der Waals surface area (Å²) in [5.74, 6) is -1.16. The number of nitrogen functional groups attached to an aromatic ring is 1. The van der Waals surface area contributed by atoms with Crippen molar-refractivity contribution >= 4 is 28.4 Å². The number of benzene rings is 2. The van der Waals surface area contributed by atoms with Crippen molar-refractivity contribution in [2.24, 2.45) is 0 Å². The third-order valence-electron chi connectivity index (χ3n) is 3.92. The van der Waals surface area contributed by atoms with E-state index in [-0.39, 0.29) is 11.0 Å². The maximum absolute atomic E-state index is 12.6. The summed E-state index contributed by atoms with van der Waals surface area (Å²) in [6.45, 7) is 3.68. The lowest BCUT2D eigenvalue weighted by Gasteiger charge is -2.14. The fraction of sp³-hybridized carbons (Fsp3) is 0.118. The molecule has 0 fully saturated rings. The van der Waals surface area contributed by atoms with Gasteiger partial charge in [-0.1, -0.05) is 30.3 Å². The minimum absolute atomic E-state index is 0.0772. The molecule has 1 amide bonds. The van der Waals surface area contributed by atoms with Gasteiger partial charge in [0.2, 0.25) is 5.52 Å². The Morgan fingerprint density at radius 1 is 0.958 bits per heavy atom. The van der Waals surface area contributed by atoms with Gasteiger partial charge in [-0.3, -0.25) is 10.5 Å². The number of fused-ring (bicyclic) bond motifs is 1. The number of hydrogen-bond acceptors (Lipinski definition) is 4. The van der Waals surface area contributed by atoms with Crippen molar-refractivity contribution in [3.63, 3.8) is 0 Å². The van der Waals surface area contributed by atoms with Crippen LogP contribution >= 0.6 is 0 Å². The van der Waals surface area contributed by atoms with E-state index in [0.29, 0.717) is 15.1 Å². The minimum Gasteiger partial charge on any atom is -0.710 e. The number of para-hydroxylation sites is 3. The Morgan fingerprint density at radius 2 is 1.50 bits per heavy atom. The van der Waals surface area contributed by atoms with Crippen LogP contribution in [0.5, 0.6) is 0 Å². The molecule has 0 aliphatic carbocycles. The van der Waals surface area contributed by atoms with Crippen molar-refractivity contribution in [2.75, 3.05) is 11.1 Å². The molecule has 1 heterocycles. The van der Waals surface area contributed by atoms with Crippen molar-refractivity contribution in [3.8, 4) is 0 Å². The van der Waals surface area contributed by atoms with Gasteiger partial charge in [-0.2, -0.15) is 0 Å². The Morgan fingerprint density at radius 3 is 2.08 bits per heavy atom. The van der Waals surface area contributed by atoms with E-state index in [1.807, 2.05) is 32.0 Å². The van der Waals surface area contributed by atoms with Crippen LogP contribution in [0.1, 0.15) is 21.6 Å². The predicted octanol–water partition coefficient (Wildman–Crippen LogP) is 1.56. The molecule has 122 valence electrons. The molecule has 0 unspecified atom stereocenters. The highest BCUT2D eigenvalue weighted by Gasteiger charge is 2.30. The van der Waals surface area contributed by atoms with Crippen molar-refractivity contribution in [3.05, 3.63) is 69.7 Å². The second-order valence-electron chi connectivity index (χ2n) is 5.53. The van der Waals surface area contributed by atoms with E-state index in [2.05, 4.69) is 5.32 Å². The third-order valence-corrected chi connectivity index (χ3v) is 3.92. The van der Waals surface area contributed by atoms with Gasteiger partial charge in [-0.15, -0.1) is 4.73 Å². The van der Waals surface area contributed by atoms with E-state index >= 15 is 0 Å². The van der Waals surface area contributed by atoms with Crippen LogP contribution < -0.4 is 20.5 Å². The summed E-state index contributed by atoms with van der Waals surface area (Å²) in [4.78, 5) is 12.6. The maximum Gasteiger partial charge on any atom is 0.372 e. The SMILES string of the molecule is Cc1cccc(C)c1NC(=O)c1c(N)[n+]([O-])c2ccccc2[n+]1[O-]. The van der Waals surface area contributed by atoms with Crippen LogP contribution in [0.25, 0.3) is 11.0 Å². The number of anilines is 2. The number of rotatable bonds is 2. The number of carbonyl (C=O) groups excluding carboxylic acids is 1. The molecule has 7 heteroatoms. The zero-order valence-electron chi connectivity index (χ0n) is 13.2. The lowest BCUT2D eigenvalue weighted by molar-refractivity contribution is -0.619. The van der Waals surface area contributed by atoms with E-state index in [9.17, 15) is 15.2 Å². The van der Waals surface area contributed by atoms with Gasteiger partial charge in [0.15, 0.2) is 0 Å². The molecule has 3 rings (SSSR count). The first-order valence-electron chi connectivity index (χ1n) is 7.32. The van der Waals surface area contributed by atoms with Crippen LogP contribution in [-0.4, -0.2) is 5.91 Å². The number of hydrogen-bond donors (Lipinski definition) is 2. The van der Waals surface area contributed by atoms with Crippen LogP contribution in [0.4, 0.5) is 11.5 Å². The molecule has 0 bridgehead atoms. The number of nitrogens with zero attached hydrogens (tertiary/aromatic N) is 2. The second kappa shape index (κ2) is 5.69. The zero-order chi connectivity index (χ0) is 17.4. The first-order chi connectivity index (χ1) is 11.4. The Labute approximate surface area is 138 Å². The lowest BCUT2D eigenvalue weighted by Crippen LogP contribution is -2.47. The summed E-state index contributed by atoms with van der Waals surface area (Å²) in [6.07, 6.45) is 0. The zero-order valence-corrected chi connectivity index (χ0v) is 13.2. The van der Waals surface area contributed by atoms with E-state index in [4.69, 9.17) is 5.73 Å². The number of aromatic nitrogens is 2. The molecule has 0 spiro atoms. The minimum atomic E-state index is -0.727. The van der Waals surface area contributed by atoms with E-state index in [0.717, 1.165) is 11.1 Å². The van der Waals surface area contributed by atoms with E-state index < -0.39 is 17.4 Å². The Balaban J connectivity index is 2.14. The van der Waals surface area contributed by atoms with Gasteiger partial charge in [0.1, 0.15) is 0 Å². The molecular formula is C17H16N4O3. The summed E-state index contributed by atoms with van der Waals surface area (Å²) in [5, 5.41) is 27.5. The number of carbonyl (C=O) groups is 1. The molecule has 0 aliphatic rings. The molecule has 3 N–H and O–H groups in total. The quantitative estimate of drug-likeness (QED) is 0.550. The highest BCUT2D eigenvalue weighted by atomic mass is 16.5. The van der Waals surface area contributed by atoms with Crippen molar-refractivity contribution in [1.29, 1.82) is 0 Å². The highest BCUT2D eigenvalue weighted by Crippen LogP contribution is 2.21. The van der Waals surface area contributed by atoms with Crippen molar-refractivity contribution in [2.45, 2.75) is 13.8 Å². The third kappa shape index (κ3) is 2.36. The van der Waals surface area contributed by atoms with Gasteiger partial charge in [-0.25, -0.2) is 4.73 Å². The Hall–Kier alpha value is -3.35. The van der Waals surface area contributed by atoms with Crippen LogP contribution in [-0.2, 0) is 0 Å². The summed E-state index contributed by atoms with van der Waals surface area (Å²) >= 11 is 0. The number of nitrogens with two attached hydrogens (primary N) is 1. The summed E-state index contributed by atoms with van der Waals surface area (Å²) < 4.78 is 0.783. The first kappa shape index (κ1) is 15.5. The average molecular weight is 324 g/mol. The number of nitrogens with one attached hydrogen (secondary N) is 1. The molecule has 7 nitrogen and oxygen atoms in total. The fourth-order valence-corrected chi connectivity index (χ4v) is 2.65. The molecule has 2 aromatic carbocycles. The van der Waals surface area contributed by atoms with Gasteiger partial charge in [0.25, 0.3) is 5.52 Å². The molecule has 3 aromatic rings. The smallest absolute Gasteiger partial charge is 0.372 e. The maximum atomic E-state index is 12.6. The van der Waals surface area contributed by atoms with Crippen LogP contribution in [0.3, 0.4) is 0 Å². The van der Waals surface area contributed by atoms with E-state index in [1.165, 1.54) is 12.1 Å². The molecular weight excluding hydrogens is 308 g/mol. The van der Waals surface area contributed by atoms with Crippen molar-refractivity contribution < 1.29 is 14.3 Å². The monoisotopic (exact) mass is 324 g/mol. The van der Waals surface area contributed by atoms with Crippen LogP contribution in [0.2, 0.25) is 0 Å². The van der Waals surface area contributed by atoms with Crippen LogP contribution in [0, 0.1) is 24.3 Å². The van der Waals surface area contributed by atoms with Gasteiger partial charge in [0, 0.05) is 11.8 Å². The Bertz CT molecular complexity index is 949. The lowest BCUT2D eigenvalue weighted by atomic mass is 10.1. The van der Waals surface area contributed by atoms with E-state index in [1.54, 1.807) is 12.1 Å². The van der Waals surface area contributed by atoms with Crippen molar-refractivity contribution in [1.82, 2.24) is 0 Å². The molecule has 0 atom stereocenters. The van der Waals surface area contributed by atoms with Gasteiger partial charge >= 0.3 is 17.4 Å². The predicted molar refractivity (Wildman–Crippen MR) is 90.1 cm³/mol. The Kier molecular flexibility index (Phi) is 3.69. The summed E-state index contributed by atoms with van der Waals surface area (Å²) in [7, 11) is 0. The molecule has 0 radical (unpaired) electrons. The van der Waals surface area contributed by atoms with Gasteiger partial charge in [0.05, 0.1) is 0 Å². The normalized spacial score (nSPS) is 10.8. The number of amides is 1. The standard InChI is InChI=1S/C17H16N4O3/c1-10-6-5-7-11(2)14(10)19-17(22)15-16(18)21(24)13-9-4-3-8-12(13)20(15)23/h3-9H,18H2,1-2H3,(H,19,22). The molecule has 24 heavy (non-hydrogen) atoms. The summed E-state index contributed by atoms with van der Waals surface area (Å²) in [6, 6.07) is 11.7. The average Bonchev–Trinajstić information content (AvgIpc) is 2.56.